The zero-order chi connectivity index (χ0) is 13.8. The van der Waals surface area contributed by atoms with Crippen molar-refractivity contribution >= 4 is 0 Å². The molecule has 19 heavy (non-hydrogen) atoms. The predicted molar refractivity (Wildman–Crippen MR) is 79.5 cm³/mol. The van der Waals surface area contributed by atoms with Crippen LogP contribution in [0.3, 0.4) is 0 Å². The highest BCUT2D eigenvalue weighted by atomic mass is 16.5. The van der Waals surface area contributed by atoms with Crippen molar-refractivity contribution in [3.63, 3.8) is 0 Å². The topological polar surface area (TPSA) is 35.2 Å². The maximum Gasteiger partial charge on any atom is 0.126 e. The van der Waals surface area contributed by atoms with Gasteiger partial charge in [-0.3, -0.25) is 0 Å². The molecule has 0 aliphatic heterocycles. The van der Waals surface area contributed by atoms with E-state index in [0.29, 0.717) is 0 Å². The van der Waals surface area contributed by atoms with Crippen molar-refractivity contribution in [2.45, 2.75) is 26.3 Å². The van der Waals surface area contributed by atoms with Crippen molar-refractivity contribution in [3.8, 4) is 5.75 Å². The Balaban J connectivity index is 2.29. The number of benzene rings is 2. The lowest BCUT2D eigenvalue weighted by Gasteiger charge is -2.18. The molecule has 100 valence electrons. The molecule has 1 unspecified atom stereocenters. The Kier molecular flexibility index (Phi) is 4.23. The third-order valence-corrected chi connectivity index (χ3v) is 3.61. The Labute approximate surface area is 115 Å². The molecule has 2 heteroatoms. The molecular formula is C17H21NO. The highest BCUT2D eigenvalue weighted by Crippen LogP contribution is 2.31. The Hall–Kier alpha value is -1.80. The van der Waals surface area contributed by atoms with E-state index in [-0.39, 0.29) is 6.04 Å². The van der Waals surface area contributed by atoms with Gasteiger partial charge in [-0.05, 0) is 37.0 Å². The fourth-order valence-electron chi connectivity index (χ4n) is 2.35. The second-order valence-corrected chi connectivity index (χ2v) is 4.93. The number of rotatable bonds is 4. The van der Waals surface area contributed by atoms with Gasteiger partial charge in [0.25, 0.3) is 0 Å². The van der Waals surface area contributed by atoms with Crippen LogP contribution in [-0.4, -0.2) is 7.11 Å². The molecule has 0 aliphatic rings. The minimum absolute atomic E-state index is 0.0448. The van der Waals surface area contributed by atoms with Gasteiger partial charge in [-0.1, -0.05) is 42.5 Å². The molecule has 2 nitrogen and oxygen atoms in total. The van der Waals surface area contributed by atoms with Gasteiger partial charge in [-0.15, -0.1) is 0 Å². The monoisotopic (exact) mass is 255 g/mol. The number of nitrogens with two attached hydrogens (primary N) is 1. The molecule has 0 saturated heterocycles. The Bertz CT molecular complexity index is 549. The molecule has 0 spiro atoms. The van der Waals surface area contributed by atoms with Crippen molar-refractivity contribution < 1.29 is 4.74 Å². The van der Waals surface area contributed by atoms with Crippen LogP contribution < -0.4 is 10.5 Å². The molecule has 0 radical (unpaired) electrons. The quantitative estimate of drug-likeness (QED) is 0.906. The van der Waals surface area contributed by atoms with Crippen LogP contribution in [0.5, 0.6) is 5.75 Å². The van der Waals surface area contributed by atoms with Gasteiger partial charge in [0.1, 0.15) is 5.75 Å². The lowest BCUT2D eigenvalue weighted by Crippen LogP contribution is -2.15. The van der Waals surface area contributed by atoms with Crippen molar-refractivity contribution in [1.29, 1.82) is 0 Å². The van der Waals surface area contributed by atoms with Gasteiger partial charge >= 0.3 is 0 Å². The Morgan fingerprint density at radius 3 is 2.37 bits per heavy atom. The zero-order valence-corrected chi connectivity index (χ0v) is 11.8. The molecule has 2 rings (SSSR count). The number of hydrogen-bond donors (Lipinski definition) is 1. The number of aryl methyl sites for hydroxylation is 1. The standard InChI is InChI=1S/C17H21NO/c1-12-9-10-15(17(19-3)13(12)2)16(18)11-14-7-5-4-6-8-14/h4-10,16H,11,18H2,1-3H3. The van der Waals surface area contributed by atoms with Gasteiger partial charge in [-0.25, -0.2) is 0 Å². The largest absolute Gasteiger partial charge is 0.496 e. The summed E-state index contributed by atoms with van der Waals surface area (Å²) in [6.45, 7) is 4.16. The summed E-state index contributed by atoms with van der Waals surface area (Å²) in [5.74, 6) is 0.920. The molecule has 0 amide bonds. The van der Waals surface area contributed by atoms with Crippen molar-refractivity contribution in [1.82, 2.24) is 0 Å². The van der Waals surface area contributed by atoms with E-state index in [9.17, 15) is 0 Å². The lowest BCUT2D eigenvalue weighted by atomic mass is 9.95. The highest BCUT2D eigenvalue weighted by molar-refractivity contribution is 5.47. The number of methoxy groups -OCH3 is 1. The summed E-state index contributed by atoms with van der Waals surface area (Å²) in [5, 5.41) is 0. The molecule has 0 aromatic heterocycles. The lowest BCUT2D eigenvalue weighted by molar-refractivity contribution is 0.402. The maximum atomic E-state index is 6.34. The van der Waals surface area contributed by atoms with Crippen molar-refractivity contribution in [3.05, 3.63) is 64.7 Å². The molecule has 0 heterocycles. The summed E-state index contributed by atoms with van der Waals surface area (Å²) >= 11 is 0. The van der Waals surface area contributed by atoms with E-state index in [2.05, 4.69) is 38.1 Å². The number of hydrogen-bond acceptors (Lipinski definition) is 2. The molecule has 0 fully saturated rings. The average Bonchev–Trinajstić information content (AvgIpc) is 2.42. The van der Waals surface area contributed by atoms with Crippen LogP contribution in [0.2, 0.25) is 0 Å². The van der Waals surface area contributed by atoms with Crippen LogP contribution in [0.1, 0.15) is 28.3 Å². The molecule has 2 N–H and O–H groups in total. The molecule has 2 aromatic carbocycles. The average molecular weight is 255 g/mol. The van der Waals surface area contributed by atoms with E-state index >= 15 is 0 Å². The SMILES string of the molecule is COc1c(C(N)Cc2ccccc2)ccc(C)c1C. The van der Waals surface area contributed by atoms with Crippen LogP contribution in [0.15, 0.2) is 42.5 Å². The fraction of sp³-hybridized carbons (Fsp3) is 0.294. The third kappa shape index (κ3) is 2.96. The minimum atomic E-state index is -0.0448. The highest BCUT2D eigenvalue weighted by Gasteiger charge is 2.15. The Morgan fingerprint density at radius 1 is 1.05 bits per heavy atom. The normalized spacial score (nSPS) is 12.2. The summed E-state index contributed by atoms with van der Waals surface area (Å²) in [7, 11) is 1.71. The summed E-state index contributed by atoms with van der Waals surface area (Å²) in [5.41, 5.74) is 11.1. The van der Waals surface area contributed by atoms with E-state index in [4.69, 9.17) is 10.5 Å². The summed E-state index contributed by atoms with van der Waals surface area (Å²) < 4.78 is 5.54. The summed E-state index contributed by atoms with van der Waals surface area (Å²) in [4.78, 5) is 0. The van der Waals surface area contributed by atoms with E-state index < -0.39 is 0 Å². The van der Waals surface area contributed by atoms with Crippen LogP contribution in [0.4, 0.5) is 0 Å². The predicted octanol–water partition coefficient (Wildman–Crippen LogP) is 3.55. The van der Waals surface area contributed by atoms with E-state index in [1.807, 2.05) is 18.2 Å². The first-order valence-electron chi connectivity index (χ1n) is 6.57. The van der Waals surface area contributed by atoms with E-state index in [0.717, 1.165) is 17.7 Å². The second-order valence-electron chi connectivity index (χ2n) is 4.93. The van der Waals surface area contributed by atoms with E-state index in [1.54, 1.807) is 7.11 Å². The van der Waals surface area contributed by atoms with Gasteiger partial charge in [0.2, 0.25) is 0 Å². The zero-order valence-electron chi connectivity index (χ0n) is 11.8. The van der Waals surface area contributed by atoms with Gasteiger partial charge in [0, 0.05) is 11.6 Å². The van der Waals surface area contributed by atoms with Crippen LogP contribution in [0, 0.1) is 13.8 Å². The van der Waals surface area contributed by atoms with Crippen LogP contribution >= 0.6 is 0 Å². The summed E-state index contributed by atoms with van der Waals surface area (Å²) in [6.07, 6.45) is 0.819. The van der Waals surface area contributed by atoms with Gasteiger partial charge < -0.3 is 10.5 Å². The Morgan fingerprint density at radius 2 is 1.74 bits per heavy atom. The van der Waals surface area contributed by atoms with Gasteiger partial charge in [0.05, 0.1) is 7.11 Å². The van der Waals surface area contributed by atoms with E-state index in [1.165, 1.54) is 16.7 Å². The van der Waals surface area contributed by atoms with Crippen LogP contribution in [0.25, 0.3) is 0 Å². The fourth-order valence-corrected chi connectivity index (χ4v) is 2.35. The molecule has 0 aliphatic carbocycles. The molecular weight excluding hydrogens is 234 g/mol. The molecule has 0 bridgehead atoms. The van der Waals surface area contributed by atoms with Gasteiger partial charge in [-0.2, -0.15) is 0 Å². The van der Waals surface area contributed by atoms with Gasteiger partial charge in [0.15, 0.2) is 0 Å². The van der Waals surface area contributed by atoms with Crippen LogP contribution in [-0.2, 0) is 6.42 Å². The maximum absolute atomic E-state index is 6.34. The van der Waals surface area contributed by atoms with Crippen molar-refractivity contribution in [2.24, 2.45) is 5.73 Å². The third-order valence-electron chi connectivity index (χ3n) is 3.61. The minimum Gasteiger partial charge on any atom is -0.496 e. The first-order valence-corrected chi connectivity index (χ1v) is 6.57. The van der Waals surface area contributed by atoms with Crippen molar-refractivity contribution in [2.75, 3.05) is 7.11 Å². The second kappa shape index (κ2) is 5.89. The molecule has 1 atom stereocenters. The first kappa shape index (κ1) is 13.6. The molecule has 0 saturated carbocycles. The first-order chi connectivity index (χ1) is 9.13. The smallest absolute Gasteiger partial charge is 0.126 e. The molecule has 2 aromatic rings. The number of ether oxygens (including phenoxy) is 1. The summed E-state index contributed by atoms with van der Waals surface area (Å²) in [6, 6.07) is 14.5.